The first-order valence-corrected chi connectivity index (χ1v) is 9.09. The fourth-order valence-electron chi connectivity index (χ4n) is 2.69. The summed E-state index contributed by atoms with van der Waals surface area (Å²) in [5.74, 6) is 1.74. The lowest BCUT2D eigenvalue weighted by Crippen LogP contribution is -2.10. The van der Waals surface area contributed by atoms with Crippen LogP contribution in [-0.4, -0.2) is 35.6 Å². The molecular weight excluding hydrogens is 306 g/mol. The standard InChI is InChI=1S/C19H25NO2S/c1-15-13-18(16(2)20(15)10-11-22-3)19(21)14-23-12-9-17-7-5-4-6-8-17/h4-8,13H,9-12,14H2,1-3H3. The third-order valence-corrected chi connectivity index (χ3v) is 4.96. The molecule has 2 rings (SSSR count). The van der Waals surface area contributed by atoms with E-state index in [0.717, 1.165) is 35.7 Å². The summed E-state index contributed by atoms with van der Waals surface area (Å²) in [6.45, 7) is 5.52. The molecule has 0 radical (unpaired) electrons. The molecule has 0 aliphatic heterocycles. The van der Waals surface area contributed by atoms with Crippen LogP contribution < -0.4 is 0 Å². The zero-order valence-electron chi connectivity index (χ0n) is 14.2. The van der Waals surface area contributed by atoms with Crippen molar-refractivity contribution in [2.45, 2.75) is 26.8 Å². The van der Waals surface area contributed by atoms with Gasteiger partial charge in [-0.2, -0.15) is 11.8 Å². The van der Waals surface area contributed by atoms with E-state index in [9.17, 15) is 4.79 Å². The van der Waals surface area contributed by atoms with Gasteiger partial charge >= 0.3 is 0 Å². The second-order valence-corrected chi connectivity index (χ2v) is 6.75. The van der Waals surface area contributed by atoms with Crippen molar-refractivity contribution in [1.29, 1.82) is 0 Å². The van der Waals surface area contributed by atoms with Crippen LogP contribution in [0.25, 0.3) is 0 Å². The van der Waals surface area contributed by atoms with Crippen molar-refractivity contribution in [3.63, 3.8) is 0 Å². The second-order valence-electron chi connectivity index (χ2n) is 5.64. The number of rotatable bonds is 9. The average Bonchev–Trinajstić information content (AvgIpc) is 2.85. The maximum atomic E-state index is 12.5. The minimum absolute atomic E-state index is 0.222. The smallest absolute Gasteiger partial charge is 0.174 e. The number of ether oxygens (including phenoxy) is 1. The summed E-state index contributed by atoms with van der Waals surface area (Å²) in [7, 11) is 1.70. The first-order valence-electron chi connectivity index (χ1n) is 7.94. The summed E-state index contributed by atoms with van der Waals surface area (Å²) in [4.78, 5) is 12.5. The summed E-state index contributed by atoms with van der Waals surface area (Å²) < 4.78 is 7.30. The number of hydrogen-bond donors (Lipinski definition) is 0. The molecule has 1 aromatic carbocycles. The molecule has 0 atom stereocenters. The molecule has 0 saturated carbocycles. The van der Waals surface area contributed by atoms with Crippen molar-refractivity contribution in [3.05, 3.63) is 58.9 Å². The number of thioether (sulfide) groups is 1. The van der Waals surface area contributed by atoms with Gasteiger partial charge < -0.3 is 9.30 Å². The number of Topliss-reactive ketones (excluding diaryl/α,β-unsaturated/α-hetero) is 1. The van der Waals surface area contributed by atoms with Crippen molar-refractivity contribution in [3.8, 4) is 0 Å². The zero-order chi connectivity index (χ0) is 16.7. The number of aromatic nitrogens is 1. The van der Waals surface area contributed by atoms with Crippen molar-refractivity contribution in [2.24, 2.45) is 0 Å². The minimum Gasteiger partial charge on any atom is -0.383 e. The Balaban J connectivity index is 1.86. The number of methoxy groups -OCH3 is 1. The van der Waals surface area contributed by atoms with E-state index in [0.29, 0.717) is 12.4 Å². The summed E-state index contributed by atoms with van der Waals surface area (Å²) in [5.41, 5.74) is 4.35. The van der Waals surface area contributed by atoms with Crippen molar-refractivity contribution < 1.29 is 9.53 Å². The molecule has 0 N–H and O–H groups in total. The Morgan fingerprint density at radius 3 is 2.65 bits per heavy atom. The highest BCUT2D eigenvalue weighted by Gasteiger charge is 2.15. The third kappa shape index (κ3) is 4.98. The second kappa shape index (κ2) is 8.94. The molecule has 0 aliphatic rings. The maximum Gasteiger partial charge on any atom is 0.174 e. The van der Waals surface area contributed by atoms with Crippen molar-refractivity contribution in [1.82, 2.24) is 4.57 Å². The highest BCUT2D eigenvalue weighted by Crippen LogP contribution is 2.18. The Labute approximate surface area is 143 Å². The zero-order valence-corrected chi connectivity index (χ0v) is 15.0. The van der Waals surface area contributed by atoms with Crippen LogP contribution in [0.15, 0.2) is 36.4 Å². The van der Waals surface area contributed by atoms with Gasteiger partial charge in [0.15, 0.2) is 5.78 Å². The number of carbonyl (C=O) groups is 1. The van der Waals surface area contributed by atoms with E-state index in [2.05, 4.69) is 28.8 Å². The number of hydrogen-bond acceptors (Lipinski definition) is 3. The normalized spacial score (nSPS) is 10.9. The SMILES string of the molecule is COCCn1c(C)cc(C(=O)CSCCc2ccccc2)c1C. The molecule has 0 fully saturated rings. The Morgan fingerprint density at radius 1 is 1.22 bits per heavy atom. The molecule has 1 aromatic heterocycles. The molecule has 2 aromatic rings. The van der Waals surface area contributed by atoms with Crippen LogP contribution in [0.3, 0.4) is 0 Å². The van der Waals surface area contributed by atoms with E-state index in [1.807, 2.05) is 26.0 Å². The Hall–Kier alpha value is -1.52. The van der Waals surface area contributed by atoms with E-state index < -0.39 is 0 Å². The topological polar surface area (TPSA) is 31.2 Å². The largest absolute Gasteiger partial charge is 0.383 e. The molecule has 0 saturated heterocycles. The molecule has 0 unspecified atom stereocenters. The predicted molar refractivity (Wildman–Crippen MR) is 97.6 cm³/mol. The lowest BCUT2D eigenvalue weighted by Gasteiger charge is -2.08. The lowest BCUT2D eigenvalue weighted by atomic mass is 10.2. The highest BCUT2D eigenvalue weighted by atomic mass is 32.2. The Morgan fingerprint density at radius 2 is 1.96 bits per heavy atom. The first-order chi connectivity index (χ1) is 11.1. The van der Waals surface area contributed by atoms with E-state index in [1.165, 1.54) is 5.56 Å². The van der Waals surface area contributed by atoms with Gasteiger partial charge in [-0.1, -0.05) is 30.3 Å². The van der Waals surface area contributed by atoms with Gasteiger partial charge in [0.25, 0.3) is 0 Å². The van der Waals surface area contributed by atoms with Crippen LogP contribution in [0, 0.1) is 13.8 Å². The summed E-state index contributed by atoms with van der Waals surface area (Å²) in [5, 5.41) is 0. The van der Waals surface area contributed by atoms with Crippen LogP contribution in [-0.2, 0) is 17.7 Å². The quantitative estimate of drug-likeness (QED) is 0.516. The monoisotopic (exact) mass is 331 g/mol. The lowest BCUT2D eigenvalue weighted by molar-refractivity contribution is 0.102. The average molecular weight is 331 g/mol. The van der Waals surface area contributed by atoms with E-state index in [4.69, 9.17) is 4.74 Å². The van der Waals surface area contributed by atoms with Gasteiger partial charge in [-0.15, -0.1) is 0 Å². The summed E-state index contributed by atoms with van der Waals surface area (Å²) in [6, 6.07) is 12.4. The molecular formula is C19H25NO2S. The van der Waals surface area contributed by atoms with Gasteiger partial charge in [-0.05, 0) is 37.7 Å². The summed E-state index contributed by atoms with van der Waals surface area (Å²) in [6.07, 6.45) is 1.01. The molecule has 4 heteroatoms. The number of nitrogens with zero attached hydrogens (tertiary/aromatic N) is 1. The molecule has 124 valence electrons. The van der Waals surface area contributed by atoms with Crippen molar-refractivity contribution in [2.75, 3.05) is 25.2 Å². The van der Waals surface area contributed by atoms with Crippen molar-refractivity contribution >= 4 is 17.5 Å². The van der Waals surface area contributed by atoms with Gasteiger partial charge in [0.05, 0.1) is 12.4 Å². The predicted octanol–water partition coefficient (Wildman–Crippen LogP) is 3.91. The maximum absolute atomic E-state index is 12.5. The van der Waals surface area contributed by atoms with Crippen LogP contribution in [0.1, 0.15) is 27.3 Å². The van der Waals surface area contributed by atoms with Gasteiger partial charge in [0.2, 0.25) is 0 Å². The third-order valence-electron chi connectivity index (χ3n) is 4.00. The Kier molecular flexibility index (Phi) is 6.93. The molecule has 0 bridgehead atoms. The number of carbonyl (C=O) groups excluding carboxylic acids is 1. The fourth-order valence-corrected chi connectivity index (χ4v) is 3.55. The van der Waals surface area contributed by atoms with Gasteiger partial charge in [-0.25, -0.2) is 0 Å². The molecule has 0 spiro atoms. The number of ketones is 1. The van der Waals surface area contributed by atoms with Crippen LogP contribution in [0.4, 0.5) is 0 Å². The van der Waals surface area contributed by atoms with Crippen LogP contribution >= 0.6 is 11.8 Å². The van der Waals surface area contributed by atoms with Crippen LogP contribution in [0.5, 0.6) is 0 Å². The summed E-state index contributed by atoms with van der Waals surface area (Å²) >= 11 is 1.71. The van der Waals surface area contributed by atoms with Crippen LogP contribution in [0.2, 0.25) is 0 Å². The first kappa shape index (κ1) is 17.8. The van der Waals surface area contributed by atoms with E-state index in [-0.39, 0.29) is 5.78 Å². The molecule has 23 heavy (non-hydrogen) atoms. The van der Waals surface area contributed by atoms with E-state index in [1.54, 1.807) is 18.9 Å². The van der Waals surface area contributed by atoms with Gasteiger partial charge in [0, 0.05) is 30.6 Å². The number of benzene rings is 1. The Bertz CT molecular complexity index is 634. The molecule has 3 nitrogen and oxygen atoms in total. The van der Waals surface area contributed by atoms with Gasteiger partial charge in [-0.3, -0.25) is 4.79 Å². The molecule has 1 heterocycles. The number of aryl methyl sites for hydroxylation is 2. The molecule has 0 aliphatic carbocycles. The fraction of sp³-hybridized carbons (Fsp3) is 0.421. The van der Waals surface area contributed by atoms with Gasteiger partial charge in [0.1, 0.15) is 0 Å². The van der Waals surface area contributed by atoms with E-state index >= 15 is 0 Å². The molecule has 0 amide bonds. The minimum atomic E-state index is 0.222. The highest BCUT2D eigenvalue weighted by molar-refractivity contribution is 7.99.